The molecule has 0 spiro atoms. The molecule has 3 aromatic carbocycles. The molecule has 3 aromatic rings. The van der Waals surface area contributed by atoms with Crippen LogP contribution >= 0.6 is 0 Å². The zero-order valence-electron chi connectivity index (χ0n) is 20.1. The van der Waals surface area contributed by atoms with Gasteiger partial charge in [0, 0.05) is 11.3 Å². The minimum absolute atomic E-state index is 0.113. The number of anilines is 1. The Labute approximate surface area is 200 Å². The van der Waals surface area contributed by atoms with Crippen LogP contribution in [0.1, 0.15) is 29.2 Å². The molecule has 6 nitrogen and oxygen atoms in total. The Hall–Kier alpha value is -3.51. The van der Waals surface area contributed by atoms with E-state index in [-0.39, 0.29) is 6.10 Å². The van der Waals surface area contributed by atoms with Gasteiger partial charge < -0.3 is 24.6 Å². The van der Waals surface area contributed by atoms with E-state index in [0.29, 0.717) is 6.61 Å². The summed E-state index contributed by atoms with van der Waals surface area (Å²) < 4.78 is 17.5. The molecule has 4 rings (SSSR count). The molecule has 1 unspecified atom stereocenters. The van der Waals surface area contributed by atoms with E-state index in [4.69, 9.17) is 14.2 Å². The van der Waals surface area contributed by atoms with Crippen molar-refractivity contribution in [2.45, 2.75) is 45.4 Å². The molecule has 0 heterocycles. The molecule has 1 aliphatic rings. The second-order valence-electron chi connectivity index (χ2n) is 8.69. The SMILES string of the molecule is COc1cc(-c2ccc(NC(C)C(=O)O)cc2COC2Cc3ccccc3C2)cc(OC)c1C. The first-order chi connectivity index (χ1) is 16.4. The van der Waals surface area contributed by atoms with Crippen LogP contribution in [0.5, 0.6) is 11.5 Å². The number of rotatable bonds is 9. The first-order valence-corrected chi connectivity index (χ1v) is 11.4. The van der Waals surface area contributed by atoms with E-state index in [9.17, 15) is 9.90 Å². The first-order valence-electron chi connectivity index (χ1n) is 11.4. The average molecular weight is 462 g/mol. The number of benzene rings is 3. The van der Waals surface area contributed by atoms with E-state index < -0.39 is 12.0 Å². The molecule has 34 heavy (non-hydrogen) atoms. The van der Waals surface area contributed by atoms with Crippen LogP contribution in [0.4, 0.5) is 5.69 Å². The fourth-order valence-electron chi connectivity index (χ4n) is 4.48. The number of aliphatic carboxylic acids is 1. The minimum Gasteiger partial charge on any atom is -0.496 e. The predicted octanol–water partition coefficient (Wildman–Crippen LogP) is 5.25. The van der Waals surface area contributed by atoms with E-state index in [1.54, 1.807) is 21.1 Å². The minimum atomic E-state index is -0.904. The molecule has 1 aliphatic carbocycles. The molecule has 0 aliphatic heterocycles. The number of fused-ring (bicyclic) bond motifs is 1. The Bertz CT molecular complexity index is 1140. The number of carbonyl (C=O) groups is 1. The number of ether oxygens (including phenoxy) is 3. The summed E-state index contributed by atoms with van der Waals surface area (Å²) in [6.07, 6.45) is 1.90. The lowest BCUT2D eigenvalue weighted by Gasteiger charge is -2.19. The third-order valence-corrected chi connectivity index (χ3v) is 6.41. The summed E-state index contributed by atoms with van der Waals surface area (Å²) in [7, 11) is 3.29. The standard InChI is InChI=1S/C28H31NO5/c1-17-26(32-3)14-21(15-27(17)33-4)25-10-9-23(29-18(2)28(30)31)11-22(25)16-34-24-12-19-7-5-6-8-20(19)13-24/h5-11,14-15,18,24,29H,12-13,16H2,1-4H3,(H,30,31). The predicted molar refractivity (Wildman–Crippen MR) is 133 cm³/mol. The van der Waals surface area contributed by atoms with Crippen molar-refractivity contribution >= 4 is 11.7 Å². The summed E-state index contributed by atoms with van der Waals surface area (Å²) in [5.74, 6) is 0.585. The molecule has 0 saturated carbocycles. The smallest absolute Gasteiger partial charge is 0.325 e. The van der Waals surface area contributed by atoms with Gasteiger partial charge in [0.2, 0.25) is 0 Å². The normalized spacial score (nSPS) is 13.9. The molecule has 1 atom stereocenters. The molecular formula is C28H31NO5. The average Bonchev–Trinajstić information content (AvgIpc) is 3.26. The van der Waals surface area contributed by atoms with Crippen molar-refractivity contribution in [3.8, 4) is 22.6 Å². The van der Waals surface area contributed by atoms with Gasteiger partial charge in [-0.05, 0) is 78.8 Å². The van der Waals surface area contributed by atoms with Crippen molar-refractivity contribution in [1.29, 1.82) is 0 Å². The topological polar surface area (TPSA) is 77.0 Å². The summed E-state index contributed by atoms with van der Waals surface area (Å²) >= 11 is 0. The maximum absolute atomic E-state index is 11.3. The number of carboxylic acids is 1. The molecule has 0 aromatic heterocycles. The molecule has 6 heteroatoms. The summed E-state index contributed by atoms with van der Waals surface area (Å²) in [6.45, 7) is 3.99. The molecule has 0 radical (unpaired) electrons. The van der Waals surface area contributed by atoms with Crippen molar-refractivity contribution in [3.05, 3.63) is 76.9 Å². The summed E-state index contributed by atoms with van der Waals surface area (Å²) in [6, 6.07) is 17.6. The van der Waals surface area contributed by atoms with Crippen LogP contribution in [0.25, 0.3) is 11.1 Å². The summed E-state index contributed by atoms with van der Waals surface area (Å²) in [5.41, 5.74) is 7.25. The third-order valence-electron chi connectivity index (χ3n) is 6.41. The van der Waals surface area contributed by atoms with Gasteiger partial charge in [-0.15, -0.1) is 0 Å². The van der Waals surface area contributed by atoms with Crippen LogP contribution in [0, 0.1) is 6.92 Å². The van der Waals surface area contributed by atoms with Gasteiger partial charge in [-0.25, -0.2) is 0 Å². The monoisotopic (exact) mass is 461 g/mol. The summed E-state index contributed by atoms with van der Waals surface area (Å²) in [4.78, 5) is 11.3. The molecule has 2 N–H and O–H groups in total. The van der Waals surface area contributed by atoms with Gasteiger partial charge in [0.25, 0.3) is 0 Å². The Balaban J connectivity index is 1.65. The van der Waals surface area contributed by atoms with E-state index >= 15 is 0 Å². The van der Waals surface area contributed by atoms with Crippen LogP contribution in [0.15, 0.2) is 54.6 Å². The Kier molecular flexibility index (Phi) is 7.08. The largest absolute Gasteiger partial charge is 0.496 e. The van der Waals surface area contributed by atoms with Gasteiger partial charge >= 0.3 is 5.97 Å². The second-order valence-corrected chi connectivity index (χ2v) is 8.69. The molecular weight excluding hydrogens is 430 g/mol. The van der Waals surface area contributed by atoms with Crippen LogP contribution in [-0.2, 0) is 29.0 Å². The lowest BCUT2D eigenvalue weighted by Crippen LogP contribution is -2.25. The highest BCUT2D eigenvalue weighted by molar-refractivity contribution is 5.78. The van der Waals surface area contributed by atoms with E-state index in [1.165, 1.54) is 11.1 Å². The zero-order valence-corrected chi connectivity index (χ0v) is 20.1. The summed E-state index contributed by atoms with van der Waals surface area (Å²) in [5, 5.41) is 12.4. The van der Waals surface area contributed by atoms with Crippen molar-refractivity contribution in [1.82, 2.24) is 0 Å². The van der Waals surface area contributed by atoms with Gasteiger partial charge in [0.15, 0.2) is 0 Å². The molecule has 178 valence electrons. The number of carboxylic acid groups (broad SMARTS) is 1. The third kappa shape index (κ3) is 5.02. The van der Waals surface area contributed by atoms with Gasteiger partial charge in [0.05, 0.1) is 26.9 Å². The van der Waals surface area contributed by atoms with Crippen LogP contribution in [0.3, 0.4) is 0 Å². The highest BCUT2D eigenvalue weighted by atomic mass is 16.5. The Morgan fingerprint density at radius 1 is 1.03 bits per heavy atom. The van der Waals surface area contributed by atoms with Crippen LogP contribution in [-0.4, -0.2) is 37.4 Å². The maximum Gasteiger partial charge on any atom is 0.325 e. The number of methoxy groups -OCH3 is 2. The molecule has 0 fully saturated rings. The van der Waals surface area contributed by atoms with Crippen molar-refractivity contribution in [2.75, 3.05) is 19.5 Å². The maximum atomic E-state index is 11.3. The molecule has 0 amide bonds. The van der Waals surface area contributed by atoms with Crippen molar-refractivity contribution in [3.63, 3.8) is 0 Å². The fraction of sp³-hybridized carbons (Fsp3) is 0.321. The van der Waals surface area contributed by atoms with Gasteiger partial charge in [0.1, 0.15) is 17.5 Å². The second kappa shape index (κ2) is 10.2. The zero-order chi connectivity index (χ0) is 24.2. The van der Waals surface area contributed by atoms with E-state index in [1.807, 2.05) is 37.3 Å². The highest BCUT2D eigenvalue weighted by Crippen LogP contribution is 2.37. The first kappa shape index (κ1) is 23.6. The van der Waals surface area contributed by atoms with E-state index in [0.717, 1.165) is 52.3 Å². The lowest BCUT2D eigenvalue weighted by molar-refractivity contribution is -0.137. The molecule has 0 saturated heterocycles. The fourth-order valence-corrected chi connectivity index (χ4v) is 4.48. The van der Waals surface area contributed by atoms with Gasteiger partial charge in [-0.3, -0.25) is 4.79 Å². The number of nitrogens with one attached hydrogen (secondary N) is 1. The lowest BCUT2D eigenvalue weighted by atomic mass is 9.97. The highest BCUT2D eigenvalue weighted by Gasteiger charge is 2.22. The van der Waals surface area contributed by atoms with Crippen LogP contribution in [0.2, 0.25) is 0 Å². The van der Waals surface area contributed by atoms with Crippen molar-refractivity contribution in [2.24, 2.45) is 0 Å². The Morgan fingerprint density at radius 2 is 1.65 bits per heavy atom. The quantitative estimate of drug-likeness (QED) is 0.453. The van der Waals surface area contributed by atoms with Gasteiger partial charge in [-0.1, -0.05) is 30.3 Å². The Morgan fingerprint density at radius 3 is 2.21 bits per heavy atom. The number of hydrogen-bond acceptors (Lipinski definition) is 5. The molecule has 0 bridgehead atoms. The van der Waals surface area contributed by atoms with Crippen LogP contribution < -0.4 is 14.8 Å². The van der Waals surface area contributed by atoms with Crippen molar-refractivity contribution < 1.29 is 24.1 Å². The van der Waals surface area contributed by atoms with E-state index in [2.05, 4.69) is 29.6 Å². The number of hydrogen-bond donors (Lipinski definition) is 2. The van der Waals surface area contributed by atoms with Gasteiger partial charge in [-0.2, -0.15) is 0 Å².